The van der Waals surface area contributed by atoms with E-state index in [-0.39, 0.29) is 0 Å². The predicted octanol–water partition coefficient (Wildman–Crippen LogP) is 2.79. The van der Waals surface area contributed by atoms with Crippen molar-refractivity contribution in [2.24, 2.45) is 10.7 Å². The molecule has 0 bridgehead atoms. The zero-order valence-corrected chi connectivity index (χ0v) is 14.4. The summed E-state index contributed by atoms with van der Waals surface area (Å²) in [6.07, 6.45) is 0. The molecule has 2 aromatic carbocycles. The molecule has 1 aromatic heterocycles. The molecule has 1 heterocycles. The molecule has 0 aliphatic heterocycles. The molecule has 3 rings (SSSR count). The third-order valence-electron chi connectivity index (χ3n) is 3.93. The highest BCUT2D eigenvalue weighted by Gasteiger charge is 2.04. The fraction of sp³-hybridized carbons (Fsp3) is 0.211. The molecule has 0 spiro atoms. The number of guanidine groups is 1. The Morgan fingerprint density at radius 1 is 1.08 bits per heavy atom. The van der Waals surface area contributed by atoms with Crippen molar-refractivity contribution in [3.05, 3.63) is 59.8 Å². The van der Waals surface area contributed by atoms with E-state index >= 15 is 0 Å². The van der Waals surface area contributed by atoms with Crippen LogP contribution in [0.2, 0.25) is 0 Å². The minimum Gasteiger partial charge on any atom is -0.493 e. The van der Waals surface area contributed by atoms with Gasteiger partial charge in [0.05, 0.1) is 27.3 Å². The summed E-state index contributed by atoms with van der Waals surface area (Å²) in [5.41, 5.74) is 9.12. The van der Waals surface area contributed by atoms with Crippen LogP contribution in [0.15, 0.2) is 53.5 Å². The second kappa shape index (κ2) is 7.61. The van der Waals surface area contributed by atoms with Crippen molar-refractivity contribution < 1.29 is 9.47 Å². The Bertz CT molecular complexity index is 853. The lowest BCUT2D eigenvalue weighted by molar-refractivity contribution is 0.354. The van der Waals surface area contributed by atoms with Gasteiger partial charge < -0.3 is 25.5 Å². The minimum absolute atomic E-state index is 0.397. The van der Waals surface area contributed by atoms with E-state index in [0.717, 1.165) is 16.8 Å². The van der Waals surface area contributed by atoms with Gasteiger partial charge in [-0.1, -0.05) is 24.3 Å². The van der Waals surface area contributed by atoms with E-state index in [1.807, 2.05) is 36.4 Å². The molecule has 0 aliphatic rings. The molecule has 0 unspecified atom stereocenters. The summed E-state index contributed by atoms with van der Waals surface area (Å²) in [6, 6.07) is 15.9. The van der Waals surface area contributed by atoms with Gasteiger partial charge in [0.25, 0.3) is 0 Å². The number of aliphatic imine (C=N–C) groups is 1. The summed E-state index contributed by atoms with van der Waals surface area (Å²) in [6.45, 7) is 1.06. The number of fused-ring (bicyclic) bond motifs is 1. The number of nitrogens with zero attached hydrogens (tertiary/aromatic N) is 1. The molecule has 6 nitrogen and oxygen atoms in total. The SMILES string of the molecule is COc1ccc(CN=C(N)NCc2cc3ccccc3[nH]2)cc1OC. The van der Waals surface area contributed by atoms with Crippen LogP contribution >= 0.6 is 0 Å². The van der Waals surface area contributed by atoms with Crippen LogP contribution < -0.4 is 20.5 Å². The van der Waals surface area contributed by atoms with Crippen LogP contribution in [0.1, 0.15) is 11.3 Å². The van der Waals surface area contributed by atoms with Crippen LogP contribution in [0.3, 0.4) is 0 Å². The Morgan fingerprint density at radius 2 is 1.88 bits per heavy atom. The molecule has 0 saturated heterocycles. The van der Waals surface area contributed by atoms with Gasteiger partial charge in [0.2, 0.25) is 0 Å². The Labute approximate surface area is 146 Å². The van der Waals surface area contributed by atoms with Gasteiger partial charge in [0, 0.05) is 11.2 Å². The molecule has 130 valence electrons. The fourth-order valence-electron chi connectivity index (χ4n) is 2.63. The highest BCUT2D eigenvalue weighted by Crippen LogP contribution is 2.27. The molecule has 0 fully saturated rings. The molecule has 25 heavy (non-hydrogen) atoms. The Morgan fingerprint density at radius 3 is 2.64 bits per heavy atom. The molecule has 0 saturated carbocycles. The lowest BCUT2D eigenvalue weighted by Crippen LogP contribution is -2.31. The normalized spacial score (nSPS) is 11.5. The van der Waals surface area contributed by atoms with Crippen molar-refractivity contribution in [2.45, 2.75) is 13.1 Å². The van der Waals surface area contributed by atoms with Gasteiger partial charge in [-0.3, -0.25) is 0 Å². The first-order valence-corrected chi connectivity index (χ1v) is 8.01. The van der Waals surface area contributed by atoms with Gasteiger partial charge >= 0.3 is 0 Å². The summed E-state index contributed by atoms with van der Waals surface area (Å²) < 4.78 is 10.5. The van der Waals surface area contributed by atoms with Crippen LogP contribution in [0, 0.1) is 0 Å². The number of hydrogen-bond donors (Lipinski definition) is 3. The summed E-state index contributed by atoms with van der Waals surface area (Å²) in [5.74, 6) is 1.77. The van der Waals surface area contributed by atoms with Crippen molar-refractivity contribution >= 4 is 16.9 Å². The topological polar surface area (TPSA) is 84.7 Å². The third kappa shape index (κ3) is 4.03. The van der Waals surface area contributed by atoms with Crippen LogP contribution in [0.5, 0.6) is 11.5 Å². The number of hydrogen-bond acceptors (Lipinski definition) is 3. The molecule has 4 N–H and O–H groups in total. The monoisotopic (exact) mass is 338 g/mol. The van der Waals surface area contributed by atoms with Crippen molar-refractivity contribution in [3.8, 4) is 11.5 Å². The number of rotatable bonds is 6. The zero-order valence-electron chi connectivity index (χ0n) is 14.4. The third-order valence-corrected chi connectivity index (χ3v) is 3.93. The van der Waals surface area contributed by atoms with E-state index in [2.05, 4.69) is 27.4 Å². The van der Waals surface area contributed by atoms with E-state index in [4.69, 9.17) is 15.2 Å². The van der Waals surface area contributed by atoms with Crippen LogP contribution in [0.4, 0.5) is 0 Å². The summed E-state index contributed by atoms with van der Waals surface area (Å²) in [5, 5.41) is 4.30. The van der Waals surface area contributed by atoms with Crippen molar-refractivity contribution in [1.82, 2.24) is 10.3 Å². The van der Waals surface area contributed by atoms with Crippen LogP contribution in [-0.4, -0.2) is 25.2 Å². The van der Waals surface area contributed by atoms with E-state index in [0.29, 0.717) is 30.5 Å². The Kier molecular flexibility index (Phi) is 5.09. The van der Waals surface area contributed by atoms with Crippen molar-refractivity contribution in [3.63, 3.8) is 0 Å². The average Bonchev–Trinajstić information content (AvgIpc) is 3.07. The molecule has 0 radical (unpaired) electrons. The molecular formula is C19H22N4O2. The largest absolute Gasteiger partial charge is 0.493 e. The maximum Gasteiger partial charge on any atom is 0.189 e. The highest BCUT2D eigenvalue weighted by atomic mass is 16.5. The number of methoxy groups -OCH3 is 2. The Hall–Kier alpha value is -3.15. The average molecular weight is 338 g/mol. The number of ether oxygens (including phenoxy) is 2. The molecule has 6 heteroatoms. The molecule has 0 atom stereocenters. The van der Waals surface area contributed by atoms with Gasteiger partial charge in [-0.05, 0) is 35.2 Å². The summed E-state index contributed by atoms with van der Waals surface area (Å²) >= 11 is 0. The summed E-state index contributed by atoms with van der Waals surface area (Å²) in [7, 11) is 3.22. The number of para-hydroxylation sites is 1. The van der Waals surface area contributed by atoms with Gasteiger partial charge in [0.1, 0.15) is 0 Å². The molecule has 3 aromatic rings. The standard InChI is InChI=1S/C19H22N4O2/c1-24-17-8-7-13(9-18(17)25-2)11-21-19(20)22-12-15-10-14-5-3-4-6-16(14)23-15/h3-10,23H,11-12H2,1-2H3,(H3,20,21,22). The zero-order chi connectivity index (χ0) is 17.6. The predicted molar refractivity (Wildman–Crippen MR) is 100 cm³/mol. The van der Waals surface area contributed by atoms with E-state index in [1.165, 1.54) is 5.39 Å². The van der Waals surface area contributed by atoms with Gasteiger partial charge in [0.15, 0.2) is 17.5 Å². The quantitative estimate of drug-likeness (QED) is 0.477. The number of benzene rings is 2. The minimum atomic E-state index is 0.397. The Balaban J connectivity index is 1.60. The first-order chi connectivity index (χ1) is 12.2. The number of nitrogens with two attached hydrogens (primary N) is 1. The molecule has 0 aliphatic carbocycles. The second-order valence-corrected chi connectivity index (χ2v) is 5.63. The maximum atomic E-state index is 5.96. The first-order valence-electron chi connectivity index (χ1n) is 8.01. The van der Waals surface area contributed by atoms with Crippen molar-refractivity contribution in [2.75, 3.05) is 14.2 Å². The van der Waals surface area contributed by atoms with Gasteiger partial charge in [-0.15, -0.1) is 0 Å². The van der Waals surface area contributed by atoms with Gasteiger partial charge in [-0.25, -0.2) is 4.99 Å². The van der Waals surface area contributed by atoms with Crippen LogP contribution in [0.25, 0.3) is 10.9 Å². The molecular weight excluding hydrogens is 316 g/mol. The first kappa shape index (κ1) is 16.7. The number of aromatic amines is 1. The van der Waals surface area contributed by atoms with E-state index in [9.17, 15) is 0 Å². The van der Waals surface area contributed by atoms with E-state index in [1.54, 1.807) is 14.2 Å². The smallest absolute Gasteiger partial charge is 0.189 e. The fourth-order valence-corrected chi connectivity index (χ4v) is 2.63. The molecule has 0 amide bonds. The second-order valence-electron chi connectivity index (χ2n) is 5.63. The lowest BCUT2D eigenvalue weighted by Gasteiger charge is -2.09. The number of H-pyrrole nitrogens is 1. The highest BCUT2D eigenvalue weighted by molar-refractivity contribution is 5.81. The number of nitrogens with one attached hydrogen (secondary N) is 2. The van der Waals surface area contributed by atoms with Crippen LogP contribution in [-0.2, 0) is 13.1 Å². The van der Waals surface area contributed by atoms with E-state index < -0.39 is 0 Å². The number of aromatic nitrogens is 1. The lowest BCUT2D eigenvalue weighted by atomic mass is 10.2. The van der Waals surface area contributed by atoms with Crippen molar-refractivity contribution in [1.29, 1.82) is 0 Å². The van der Waals surface area contributed by atoms with Gasteiger partial charge in [-0.2, -0.15) is 0 Å². The maximum absolute atomic E-state index is 5.96. The summed E-state index contributed by atoms with van der Waals surface area (Å²) in [4.78, 5) is 7.72.